The zero-order valence-corrected chi connectivity index (χ0v) is 19.2. The minimum Gasteiger partial charge on any atom is -0.379 e. The van der Waals surface area contributed by atoms with Crippen molar-refractivity contribution < 1.29 is 18.3 Å². The number of ether oxygens (including phenoxy) is 1. The van der Waals surface area contributed by atoms with Crippen LogP contribution in [0.4, 0.5) is 13.9 Å². The van der Waals surface area contributed by atoms with E-state index in [1.54, 1.807) is 0 Å². The van der Waals surface area contributed by atoms with Crippen molar-refractivity contribution in [3.63, 3.8) is 0 Å². The van der Waals surface area contributed by atoms with Crippen molar-refractivity contribution in [2.24, 2.45) is 0 Å². The minimum atomic E-state index is -0.738. The number of hydrogen-bond donors (Lipinski definition) is 0. The Kier molecular flexibility index (Phi) is 6.96. The second-order valence-electron chi connectivity index (χ2n) is 7.13. The van der Waals surface area contributed by atoms with E-state index in [0.717, 1.165) is 40.7 Å². The first-order valence-electron chi connectivity index (χ1n) is 9.81. The van der Waals surface area contributed by atoms with Gasteiger partial charge in [0.25, 0.3) is 5.91 Å². The lowest BCUT2D eigenvalue weighted by molar-refractivity contribution is 0.0391. The number of anilines is 1. The number of nitrogens with zero attached hydrogens (tertiary/aromatic N) is 4. The van der Waals surface area contributed by atoms with Crippen molar-refractivity contribution in [1.82, 2.24) is 14.9 Å². The zero-order chi connectivity index (χ0) is 21.4. The number of fused-ring (bicyclic) bond motifs is 2. The molecule has 2 aromatic heterocycles. The summed E-state index contributed by atoms with van der Waals surface area (Å²) in [7, 11) is 0. The molecule has 5 rings (SSSR count). The van der Waals surface area contributed by atoms with Crippen LogP contribution in [0.1, 0.15) is 9.80 Å². The van der Waals surface area contributed by atoms with Crippen LogP contribution in [0.2, 0.25) is 0 Å². The van der Waals surface area contributed by atoms with Crippen LogP contribution in [-0.2, 0) is 4.74 Å². The summed E-state index contributed by atoms with van der Waals surface area (Å²) >= 11 is 2.41. The maximum atomic E-state index is 14.2. The number of carbonyl (C=O) groups excluding carboxylic acids is 1. The first-order chi connectivity index (χ1) is 15.1. The van der Waals surface area contributed by atoms with Crippen LogP contribution < -0.4 is 4.90 Å². The highest BCUT2D eigenvalue weighted by Gasteiger charge is 2.26. The maximum Gasteiger partial charge on any atom is 0.289 e. The SMILES string of the molecule is Cl.O=C(c1nc2ccccc2s1)N(CCN1CCOCC1)c1nc2c(F)cc(F)cc2s1. The number of amides is 1. The van der Waals surface area contributed by atoms with Gasteiger partial charge in [-0.2, -0.15) is 0 Å². The molecule has 0 bridgehead atoms. The fourth-order valence-electron chi connectivity index (χ4n) is 3.49. The molecule has 1 aliphatic rings. The Bertz CT molecular complexity index is 1230. The van der Waals surface area contributed by atoms with E-state index in [2.05, 4.69) is 14.9 Å². The molecule has 2 aromatic carbocycles. The third-order valence-electron chi connectivity index (χ3n) is 5.10. The molecule has 0 saturated carbocycles. The van der Waals surface area contributed by atoms with E-state index < -0.39 is 11.6 Å². The van der Waals surface area contributed by atoms with Crippen LogP contribution in [0.25, 0.3) is 20.4 Å². The van der Waals surface area contributed by atoms with Crippen LogP contribution in [0.3, 0.4) is 0 Å². The van der Waals surface area contributed by atoms with Crippen LogP contribution >= 0.6 is 35.1 Å². The van der Waals surface area contributed by atoms with Gasteiger partial charge in [0.2, 0.25) is 0 Å². The molecular weight excluding hydrogens is 478 g/mol. The van der Waals surface area contributed by atoms with E-state index in [4.69, 9.17) is 4.74 Å². The lowest BCUT2D eigenvalue weighted by Gasteiger charge is -2.28. The van der Waals surface area contributed by atoms with Gasteiger partial charge in [-0.15, -0.1) is 23.7 Å². The van der Waals surface area contributed by atoms with Crippen LogP contribution in [0, 0.1) is 11.6 Å². The van der Waals surface area contributed by atoms with Gasteiger partial charge < -0.3 is 4.74 Å². The molecule has 1 fully saturated rings. The number of morpholine rings is 1. The maximum absolute atomic E-state index is 14.2. The van der Waals surface area contributed by atoms with E-state index >= 15 is 0 Å². The molecule has 3 heterocycles. The van der Waals surface area contributed by atoms with E-state index in [1.165, 1.54) is 22.3 Å². The Morgan fingerprint density at radius 3 is 2.66 bits per heavy atom. The Morgan fingerprint density at radius 1 is 1.09 bits per heavy atom. The normalized spacial score (nSPS) is 14.6. The van der Waals surface area contributed by atoms with Gasteiger partial charge in [-0.1, -0.05) is 23.5 Å². The Balaban J connectivity index is 0.00000245. The van der Waals surface area contributed by atoms with Gasteiger partial charge in [0.15, 0.2) is 16.0 Å². The molecule has 0 atom stereocenters. The number of carbonyl (C=O) groups is 1. The molecule has 168 valence electrons. The van der Waals surface area contributed by atoms with Gasteiger partial charge in [-0.25, -0.2) is 18.7 Å². The van der Waals surface area contributed by atoms with E-state index in [1.807, 2.05) is 24.3 Å². The molecule has 0 unspecified atom stereocenters. The summed E-state index contributed by atoms with van der Waals surface area (Å²) in [5.74, 6) is -1.70. The third-order valence-corrected chi connectivity index (χ3v) is 7.15. The summed E-state index contributed by atoms with van der Waals surface area (Å²) < 4.78 is 34.6. The van der Waals surface area contributed by atoms with Crippen molar-refractivity contribution in [2.75, 3.05) is 44.3 Å². The highest BCUT2D eigenvalue weighted by Crippen LogP contribution is 2.33. The number of halogens is 3. The summed E-state index contributed by atoms with van der Waals surface area (Å²) in [5.41, 5.74) is 0.816. The molecule has 1 aliphatic heterocycles. The summed E-state index contributed by atoms with van der Waals surface area (Å²) in [4.78, 5) is 26.0. The summed E-state index contributed by atoms with van der Waals surface area (Å²) in [5, 5.41) is 0.672. The largest absolute Gasteiger partial charge is 0.379 e. The number of para-hydroxylation sites is 1. The van der Waals surface area contributed by atoms with Gasteiger partial charge >= 0.3 is 0 Å². The molecule has 0 N–H and O–H groups in total. The van der Waals surface area contributed by atoms with Gasteiger partial charge in [0, 0.05) is 32.2 Å². The monoisotopic (exact) mass is 496 g/mol. The average molecular weight is 497 g/mol. The van der Waals surface area contributed by atoms with Crippen molar-refractivity contribution in [3.05, 3.63) is 53.0 Å². The van der Waals surface area contributed by atoms with Crippen molar-refractivity contribution in [2.45, 2.75) is 0 Å². The number of thiazole rings is 2. The molecule has 0 aliphatic carbocycles. The summed E-state index contributed by atoms with van der Waals surface area (Å²) in [6.45, 7) is 3.84. The third kappa shape index (κ3) is 4.60. The fraction of sp³-hybridized carbons (Fsp3) is 0.286. The number of aromatic nitrogens is 2. The smallest absolute Gasteiger partial charge is 0.289 e. The predicted molar refractivity (Wildman–Crippen MR) is 125 cm³/mol. The zero-order valence-electron chi connectivity index (χ0n) is 16.8. The average Bonchev–Trinajstić information content (AvgIpc) is 3.39. The van der Waals surface area contributed by atoms with Crippen molar-refractivity contribution >= 4 is 66.6 Å². The van der Waals surface area contributed by atoms with E-state index in [-0.39, 0.29) is 23.8 Å². The van der Waals surface area contributed by atoms with Gasteiger partial charge in [0.1, 0.15) is 11.3 Å². The molecular formula is C21H19ClF2N4O2S2. The predicted octanol–water partition coefficient (Wildman–Crippen LogP) is 4.59. The number of hydrogen-bond acceptors (Lipinski definition) is 7. The van der Waals surface area contributed by atoms with Crippen molar-refractivity contribution in [1.29, 1.82) is 0 Å². The quantitative estimate of drug-likeness (QED) is 0.404. The molecule has 6 nitrogen and oxygen atoms in total. The molecule has 32 heavy (non-hydrogen) atoms. The molecule has 11 heteroatoms. The summed E-state index contributed by atoms with van der Waals surface area (Å²) in [6.07, 6.45) is 0. The van der Waals surface area contributed by atoms with Crippen LogP contribution in [0.5, 0.6) is 0 Å². The van der Waals surface area contributed by atoms with Gasteiger partial charge in [-0.3, -0.25) is 14.6 Å². The Hall–Kier alpha value is -2.24. The lowest BCUT2D eigenvalue weighted by Crippen LogP contribution is -2.43. The van der Waals surface area contributed by atoms with Crippen LogP contribution in [-0.4, -0.2) is 60.2 Å². The van der Waals surface area contributed by atoms with E-state index in [9.17, 15) is 13.6 Å². The van der Waals surface area contributed by atoms with Gasteiger partial charge in [0.05, 0.1) is 28.1 Å². The first-order valence-corrected chi connectivity index (χ1v) is 11.4. The molecule has 0 spiro atoms. The van der Waals surface area contributed by atoms with E-state index in [0.29, 0.717) is 41.1 Å². The second kappa shape index (κ2) is 9.72. The molecule has 0 radical (unpaired) electrons. The molecule has 4 aromatic rings. The minimum absolute atomic E-state index is 0. The standard InChI is InChI=1S/C21H18F2N4O2S2.ClH/c22-13-11-14(23)18-17(12-13)31-21(25-18)27(6-5-26-7-9-29-10-8-26)20(28)19-24-15-3-1-2-4-16(15)30-19;/h1-4,11-12H,5-10H2;1H. The molecule has 1 amide bonds. The highest BCUT2D eigenvalue weighted by atomic mass is 35.5. The van der Waals surface area contributed by atoms with Crippen LogP contribution in [0.15, 0.2) is 36.4 Å². The Morgan fingerprint density at radius 2 is 1.88 bits per heavy atom. The summed E-state index contributed by atoms with van der Waals surface area (Å²) in [6, 6.07) is 9.59. The van der Waals surface area contributed by atoms with Crippen molar-refractivity contribution in [3.8, 4) is 0 Å². The first kappa shape index (κ1) is 22.9. The number of rotatable bonds is 5. The fourth-order valence-corrected chi connectivity index (χ4v) is 5.43. The topological polar surface area (TPSA) is 58.6 Å². The molecule has 1 saturated heterocycles. The number of benzene rings is 2. The second-order valence-corrected chi connectivity index (χ2v) is 9.17. The highest BCUT2D eigenvalue weighted by molar-refractivity contribution is 7.23. The Labute approximate surface area is 196 Å². The lowest BCUT2D eigenvalue weighted by atomic mass is 10.3. The van der Waals surface area contributed by atoms with Gasteiger partial charge in [-0.05, 0) is 18.2 Å².